The molecule has 2 aromatic rings. The van der Waals surface area contributed by atoms with Crippen LogP contribution >= 0.6 is 0 Å². The molecule has 5 rings (SSSR count). The van der Waals surface area contributed by atoms with Gasteiger partial charge in [-0.15, -0.1) is 0 Å². The largest absolute Gasteiger partial charge is 0.394 e. The number of hydrogen-bond donors (Lipinski definition) is 1. The van der Waals surface area contributed by atoms with Gasteiger partial charge in [-0.05, 0) is 67.1 Å². The average Bonchev–Trinajstić information content (AvgIpc) is 3.20. The number of carbonyl (C=O) groups excluding carboxylic acids is 2. The summed E-state index contributed by atoms with van der Waals surface area (Å²) in [6.07, 6.45) is 2.27. The van der Waals surface area contributed by atoms with E-state index in [1.165, 1.54) is 5.56 Å². The van der Waals surface area contributed by atoms with Crippen LogP contribution < -0.4 is 4.90 Å². The highest BCUT2D eigenvalue weighted by Crippen LogP contribution is 2.47. The summed E-state index contributed by atoms with van der Waals surface area (Å²) in [7, 11) is -3.12. The number of amides is 2. The van der Waals surface area contributed by atoms with Gasteiger partial charge in [-0.2, -0.15) is 0 Å². The molecule has 3 aliphatic heterocycles. The number of benzene rings is 2. The predicted molar refractivity (Wildman–Crippen MR) is 148 cm³/mol. The van der Waals surface area contributed by atoms with Crippen molar-refractivity contribution in [3.8, 4) is 0 Å². The van der Waals surface area contributed by atoms with Gasteiger partial charge in [0.1, 0.15) is 0 Å². The number of aryl methyl sites for hydroxylation is 1. The number of anilines is 1. The lowest BCUT2D eigenvalue weighted by atomic mass is 9.93. The van der Waals surface area contributed by atoms with Gasteiger partial charge in [-0.3, -0.25) is 9.59 Å². The summed E-state index contributed by atoms with van der Waals surface area (Å²) in [4.78, 5) is 29.0. The second-order valence-corrected chi connectivity index (χ2v) is 15.5. The van der Waals surface area contributed by atoms with E-state index in [0.717, 1.165) is 36.2 Å². The maximum absolute atomic E-state index is 15.6. The molecule has 2 amide bonds. The van der Waals surface area contributed by atoms with E-state index in [9.17, 15) is 14.7 Å². The lowest BCUT2D eigenvalue weighted by Crippen LogP contribution is -2.48. The van der Waals surface area contributed by atoms with Crippen LogP contribution in [-0.2, 0) is 33.7 Å². The molecule has 0 unspecified atom stereocenters. The fraction of sp³-hybridized carbons (Fsp3) is 0.533. The van der Waals surface area contributed by atoms with Crippen LogP contribution in [0.15, 0.2) is 48.5 Å². The fourth-order valence-electron chi connectivity index (χ4n) is 6.68. The Morgan fingerprint density at radius 2 is 1.89 bits per heavy atom. The molecule has 5 atom stereocenters. The van der Waals surface area contributed by atoms with Crippen molar-refractivity contribution in [3.63, 3.8) is 0 Å². The van der Waals surface area contributed by atoms with E-state index in [1.54, 1.807) is 22.9 Å². The molecule has 3 heterocycles. The maximum atomic E-state index is 15.6. The number of hydrogen-bond acceptors (Lipinski definition) is 4. The molecule has 6 nitrogen and oxygen atoms in total. The first-order chi connectivity index (χ1) is 18.2. The van der Waals surface area contributed by atoms with Gasteiger partial charge in [-0.25, -0.2) is 0 Å². The fourth-order valence-corrected chi connectivity index (χ4v) is 9.23. The Labute approximate surface area is 226 Å². The Morgan fingerprint density at radius 1 is 1.13 bits per heavy atom. The summed E-state index contributed by atoms with van der Waals surface area (Å²) in [5.41, 5.74) is 4.05. The van der Waals surface area contributed by atoms with Gasteiger partial charge in [0.05, 0.1) is 31.3 Å². The van der Waals surface area contributed by atoms with E-state index in [2.05, 4.69) is 25.1 Å². The van der Waals surface area contributed by atoms with Crippen LogP contribution in [0, 0.1) is 5.92 Å². The minimum Gasteiger partial charge on any atom is -0.394 e. The molecule has 1 N–H and O–H groups in total. The zero-order chi connectivity index (χ0) is 27.0. The van der Waals surface area contributed by atoms with Gasteiger partial charge in [-0.1, -0.05) is 43.3 Å². The van der Waals surface area contributed by atoms with E-state index < -0.39 is 14.5 Å². The van der Waals surface area contributed by atoms with Crippen molar-refractivity contribution in [2.45, 2.75) is 82.5 Å². The van der Waals surface area contributed by atoms with Crippen molar-refractivity contribution >= 4 is 25.9 Å². The SMILES string of the molecule is C[C@H]1[C@H]([Si](C)(C)F)[C@@H](CC(=O)N2Cc3ccccc3C[C@H]2CO)O[C@H]1CCc1cccc(N2CCC2=O)c1. The van der Waals surface area contributed by atoms with Gasteiger partial charge in [0, 0.05) is 30.7 Å². The third-order valence-corrected chi connectivity index (χ3v) is 11.2. The lowest BCUT2D eigenvalue weighted by Gasteiger charge is -2.37. The van der Waals surface area contributed by atoms with Gasteiger partial charge in [0.15, 0.2) is 0 Å². The maximum Gasteiger partial charge on any atom is 0.246 e. The van der Waals surface area contributed by atoms with Gasteiger partial charge >= 0.3 is 0 Å². The molecular formula is C30H39FN2O4Si. The first-order valence-corrected chi connectivity index (χ1v) is 16.8. The van der Waals surface area contributed by atoms with Crippen LogP contribution in [0.3, 0.4) is 0 Å². The summed E-state index contributed by atoms with van der Waals surface area (Å²) >= 11 is 0. The Hall–Kier alpha value is -2.55. The molecule has 204 valence electrons. The topological polar surface area (TPSA) is 70.1 Å². The smallest absolute Gasteiger partial charge is 0.246 e. The molecule has 0 saturated carbocycles. The number of rotatable bonds is 8. The molecule has 0 aliphatic carbocycles. The Kier molecular flexibility index (Phi) is 7.76. The van der Waals surface area contributed by atoms with Crippen LogP contribution in [0.25, 0.3) is 0 Å². The van der Waals surface area contributed by atoms with E-state index in [1.807, 2.05) is 30.3 Å². The summed E-state index contributed by atoms with van der Waals surface area (Å²) < 4.78 is 22.1. The first-order valence-electron chi connectivity index (χ1n) is 13.9. The molecule has 2 aromatic carbocycles. The molecule has 0 aromatic heterocycles. The van der Waals surface area contributed by atoms with E-state index in [4.69, 9.17) is 4.74 Å². The number of β-lactam (4-membered cyclic amide) rings is 1. The van der Waals surface area contributed by atoms with Crippen molar-refractivity contribution in [2.75, 3.05) is 18.1 Å². The van der Waals surface area contributed by atoms with Crippen LogP contribution in [0.1, 0.15) is 42.9 Å². The molecular weight excluding hydrogens is 499 g/mol. The number of ether oxygens (including phenoxy) is 1. The lowest BCUT2D eigenvalue weighted by molar-refractivity contribution is -0.138. The normalized spacial score (nSPS) is 27.3. The Morgan fingerprint density at radius 3 is 2.55 bits per heavy atom. The van der Waals surface area contributed by atoms with Crippen LogP contribution in [0.2, 0.25) is 18.6 Å². The third kappa shape index (κ3) is 5.44. The highest BCUT2D eigenvalue weighted by atomic mass is 28.4. The second kappa shape index (κ2) is 10.9. The summed E-state index contributed by atoms with van der Waals surface area (Å²) in [5, 5.41) is 10.0. The first kappa shape index (κ1) is 27.0. The van der Waals surface area contributed by atoms with Crippen molar-refractivity contribution in [3.05, 3.63) is 65.2 Å². The molecule has 0 spiro atoms. The van der Waals surface area contributed by atoms with Crippen molar-refractivity contribution in [1.29, 1.82) is 0 Å². The quantitative estimate of drug-likeness (QED) is 0.302. The molecule has 0 bridgehead atoms. The number of fused-ring (bicyclic) bond motifs is 1. The zero-order valence-electron chi connectivity index (χ0n) is 22.6. The third-order valence-electron chi connectivity index (χ3n) is 8.75. The standard InChI is InChI=1S/C30H39FN2O4Si/c1-20-26(12-11-21-7-6-10-24(15-21)32-14-13-28(32)35)37-27(30(20)38(2,3)31)17-29(36)33-18-23-9-5-4-8-22(23)16-25(33)19-34/h4-10,15,20,25-27,30,34H,11-14,16-19H2,1-3H3/t20-,25+,26+,27-,30+/m1/s1. The summed E-state index contributed by atoms with van der Waals surface area (Å²) in [5.74, 6) is 0.0860. The van der Waals surface area contributed by atoms with Crippen molar-refractivity contribution in [2.24, 2.45) is 5.92 Å². The summed E-state index contributed by atoms with van der Waals surface area (Å²) in [6, 6.07) is 15.8. The van der Waals surface area contributed by atoms with E-state index >= 15 is 4.11 Å². The zero-order valence-corrected chi connectivity index (χ0v) is 23.6. The molecule has 2 saturated heterocycles. The van der Waals surface area contributed by atoms with Crippen molar-refractivity contribution in [1.82, 2.24) is 4.90 Å². The highest BCUT2D eigenvalue weighted by molar-refractivity contribution is 6.72. The monoisotopic (exact) mass is 538 g/mol. The van der Waals surface area contributed by atoms with E-state index in [-0.39, 0.29) is 48.4 Å². The second-order valence-electron chi connectivity index (χ2n) is 11.7. The number of aliphatic hydroxyl groups is 1. The number of nitrogens with zero attached hydrogens (tertiary/aromatic N) is 2. The van der Waals surface area contributed by atoms with Gasteiger partial charge in [0.2, 0.25) is 20.2 Å². The molecule has 2 fully saturated rings. The Bertz CT molecular complexity index is 1180. The minimum atomic E-state index is -3.12. The predicted octanol–water partition coefficient (Wildman–Crippen LogP) is 4.64. The van der Waals surface area contributed by atoms with Crippen LogP contribution in [-0.4, -0.2) is 61.6 Å². The van der Waals surface area contributed by atoms with Gasteiger partial charge < -0.3 is 23.8 Å². The summed E-state index contributed by atoms with van der Waals surface area (Å²) in [6.45, 7) is 6.63. The van der Waals surface area contributed by atoms with Gasteiger partial charge in [0.25, 0.3) is 0 Å². The van der Waals surface area contributed by atoms with Crippen LogP contribution in [0.5, 0.6) is 0 Å². The van der Waals surface area contributed by atoms with E-state index in [0.29, 0.717) is 19.4 Å². The van der Waals surface area contributed by atoms with Crippen LogP contribution in [0.4, 0.5) is 9.80 Å². The molecule has 38 heavy (non-hydrogen) atoms. The minimum absolute atomic E-state index is 0.00956. The molecule has 0 radical (unpaired) electrons. The van der Waals surface area contributed by atoms with Crippen molar-refractivity contribution < 1.29 is 23.5 Å². The number of halogens is 1. The Balaban J connectivity index is 1.27. The molecule has 8 heteroatoms. The highest BCUT2D eigenvalue weighted by Gasteiger charge is 2.52. The molecule has 3 aliphatic rings. The number of aliphatic hydroxyl groups excluding tert-OH is 1. The number of carbonyl (C=O) groups is 2. The average molecular weight is 539 g/mol.